The van der Waals surface area contributed by atoms with E-state index in [2.05, 4.69) is 0 Å². The predicted octanol–water partition coefficient (Wildman–Crippen LogP) is 1.98. The molecule has 0 aliphatic heterocycles. The van der Waals surface area contributed by atoms with Crippen LogP contribution in [0.1, 0.15) is 11.1 Å². The maximum Gasteiger partial charge on any atom is 0.264 e. The van der Waals surface area contributed by atoms with Crippen molar-refractivity contribution in [2.24, 2.45) is 5.73 Å². The van der Waals surface area contributed by atoms with Crippen LogP contribution in [-0.2, 0) is 14.8 Å². The zero-order chi connectivity index (χ0) is 16.3. The first-order chi connectivity index (χ1) is 10.3. The molecule has 0 aliphatic rings. The van der Waals surface area contributed by atoms with Gasteiger partial charge in [-0.1, -0.05) is 35.9 Å². The molecule has 0 saturated carbocycles. The van der Waals surface area contributed by atoms with E-state index in [0.29, 0.717) is 5.69 Å². The largest absolute Gasteiger partial charge is 0.368 e. The zero-order valence-electron chi connectivity index (χ0n) is 12.5. The van der Waals surface area contributed by atoms with Gasteiger partial charge >= 0.3 is 0 Å². The molecule has 0 bridgehead atoms. The molecule has 2 aromatic rings. The molecule has 0 aliphatic carbocycles. The topological polar surface area (TPSA) is 80.5 Å². The van der Waals surface area contributed by atoms with Crippen molar-refractivity contribution in [2.75, 3.05) is 10.8 Å². The van der Waals surface area contributed by atoms with Gasteiger partial charge in [0.1, 0.15) is 6.54 Å². The molecule has 22 heavy (non-hydrogen) atoms. The fourth-order valence-electron chi connectivity index (χ4n) is 2.12. The van der Waals surface area contributed by atoms with Crippen LogP contribution in [0.4, 0.5) is 5.69 Å². The Morgan fingerprint density at radius 3 is 2.18 bits per heavy atom. The van der Waals surface area contributed by atoms with Gasteiger partial charge in [-0.2, -0.15) is 0 Å². The third kappa shape index (κ3) is 3.28. The van der Waals surface area contributed by atoms with E-state index in [9.17, 15) is 13.2 Å². The molecule has 0 heterocycles. The van der Waals surface area contributed by atoms with E-state index < -0.39 is 22.5 Å². The molecule has 0 unspecified atom stereocenters. The van der Waals surface area contributed by atoms with E-state index in [1.807, 2.05) is 6.92 Å². The molecule has 2 aromatic carbocycles. The van der Waals surface area contributed by atoms with Crippen molar-refractivity contribution in [1.82, 2.24) is 0 Å². The molecule has 0 atom stereocenters. The minimum Gasteiger partial charge on any atom is -0.368 e. The first kappa shape index (κ1) is 16.0. The SMILES string of the molecule is Cc1ccc(S(=O)(=O)N(CC(N)=O)c2ccccc2C)cc1. The van der Waals surface area contributed by atoms with Crippen molar-refractivity contribution < 1.29 is 13.2 Å². The second kappa shape index (κ2) is 6.19. The van der Waals surface area contributed by atoms with Gasteiger partial charge in [0.25, 0.3) is 10.0 Å². The van der Waals surface area contributed by atoms with Crippen LogP contribution in [0.5, 0.6) is 0 Å². The lowest BCUT2D eigenvalue weighted by molar-refractivity contribution is -0.116. The quantitative estimate of drug-likeness (QED) is 0.915. The highest BCUT2D eigenvalue weighted by molar-refractivity contribution is 7.92. The number of carbonyl (C=O) groups excluding carboxylic acids is 1. The number of benzene rings is 2. The van der Waals surface area contributed by atoms with Crippen molar-refractivity contribution in [3.8, 4) is 0 Å². The molecule has 0 aromatic heterocycles. The number of aryl methyl sites for hydroxylation is 2. The Balaban J connectivity index is 2.56. The van der Waals surface area contributed by atoms with E-state index in [-0.39, 0.29) is 4.90 Å². The van der Waals surface area contributed by atoms with Crippen LogP contribution in [0, 0.1) is 13.8 Å². The number of nitrogens with zero attached hydrogens (tertiary/aromatic N) is 1. The molecule has 0 radical (unpaired) electrons. The fourth-order valence-corrected chi connectivity index (χ4v) is 3.62. The van der Waals surface area contributed by atoms with Gasteiger partial charge in [-0.15, -0.1) is 0 Å². The minimum absolute atomic E-state index is 0.127. The van der Waals surface area contributed by atoms with E-state index in [4.69, 9.17) is 5.73 Å². The summed E-state index contributed by atoms with van der Waals surface area (Å²) >= 11 is 0. The maximum atomic E-state index is 12.8. The predicted molar refractivity (Wildman–Crippen MR) is 86.1 cm³/mol. The molecule has 6 heteroatoms. The lowest BCUT2D eigenvalue weighted by atomic mass is 10.2. The van der Waals surface area contributed by atoms with Crippen LogP contribution in [0.2, 0.25) is 0 Å². The third-order valence-electron chi connectivity index (χ3n) is 3.29. The van der Waals surface area contributed by atoms with Crippen molar-refractivity contribution in [1.29, 1.82) is 0 Å². The second-order valence-corrected chi connectivity index (χ2v) is 6.94. The number of hydrogen-bond acceptors (Lipinski definition) is 3. The first-order valence-corrected chi connectivity index (χ1v) is 8.19. The van der Waals surface area contributed by atoms with Crippen LogP contribution in [0.15, 0.2) is 53.4 Å². The number of para-hydroxylation sites is 1. The first-order valence-electron chi connectivity index (χ1n) is 6.75. The summed E-state index contributed by atoms with van der Waals surface area (Å²) in [5.41, 5.74) is 7.39. The number of anilines is 1. The van der Waals surface area contributed by atoms with Gasteiger partial charge in [-0.05, 0) is 37.6 Å². The molecular formula is C16H18N2O3S. The number of amides is 1. The number of rotatable bonds is 5. The zero-order valence-corrected chi connectivity index (χ0v) is 13.3. The normalized spacial score (nSPS) is 11.2. The summed E-state index contributed by atoms with van der Waals surface area (Å²) in [5.74, 6) is -0.709. The number of sulfonamides is 1. The smallest absolute Gasteiger partial charge is 0.264 e. The molecule has 5 nitrogen and oxygen atoms in total. The number of carbonyl (C=O) groups is 1. The molecule has 2 N–H and O–H groups in total. The highest BCUT2D eigenvalue weighted by Gasteiger charge is 2.27. The molecule has 2 rings (SSSR count). The Labute approximate surface area is 130 Å². The van der Waals surface area contributed by atoms with Gasteiger partial charge in [0.15, 0.2) is 0 Å². The van der Waals surface area contributed by atoms with Crippen LogP contribution in [0.25, 0.3) is 0 Å². The molecule has 116 valence electrons. The summed E-state index contributed by atoms with van der Waals surface area (Å²) in [6.07, 6.45) is 0. The summed E-state index contributed by atoms with van der Waals surface area (Å²) in [6.45, 7) is 3.26. The van der Waals surface area contributed by atoms with Gasteiger partial charge in [0.05, 0.1) is 10.6 Å². The summed E-state index contributed by atoms with van der Waals surface area (Å²) < 4.78 is 26.8. The standard InChI is InChI=1S/C16H18N2O3S/c1-12-7-9-14(10-8-12)22(20,21)18(11-16(17)19)15-6-4-3-5-13(15)2/h3-10H,11H2,1-2H3,(H2,17,19). The Hall–Kier alpha value is -2.34. The van der Waals surface area contributed by atoms with Crippen molar-refractivity contribution in [3.63, 3.8) is 0 Å². The lowest BCUT2D eigenvalue weighted by Gasteiger charge is -2.24. The van der Waals surface area contributed by atoms with E-state index in [0.717, 1.165) is 15.4 Å². The van der Waals surface area contributed by atoms with Gasteiger partial charge in [0, 0.05) is 0 Å². The summed E-state index contributed by atoms with van der Waals surface area (Å²) in [4.78, 5) is 11.5. The molecule has 0 fully saturated rings. The number of primary amides is 1. The highest BCUT2D eigenvalue weighted by Crippen LogP contribution is 2.26. The summed E-state index contributed by atoms with van der Waals surface area (Å²) in [7, 11) is -3.86. The van der Waals surface area contributed by atoms with Crippen LogP contribution >= 0.6 is 0 Å². The molecular weight excluding hydrogens is 300 g/mol. The Morgan fingerprint density at radius 1 is 1.05 bits per heavy atom. The van der Waals surface area contributed by atoms with Gasteiger partial charge in [-0.25, -0.2) is 8.42 Å². The molecule has 0 spiro atoms. The van der Waals surface area contributed by atoms with Crippen LogP contribution in [0.3, 0.4) is 0 Å². The lowest BCUT2D eigenvalue weighted by Crippen LogP contribution is -2.38. The Kier molecular flexibility index (Phi) is 4.51. The van der Waals surface area contributed by atoms with Gasteiger partial charge in [-0.3, -0.25) is 9.10 Å². The average molecular weight is 318 g/mol. The van der Waals surface area contributed by atoms with Gasteiger partial charge < -0.3 is 5.73 Å². The second-order valence-electron chi connectivity index (χ2n) is 5.08. The number of hydrogen-bond donors (Lipinski definition) is 1. The average Bonchev–Trinajstić information content (AvgIpc) is 2.46. The molecule has 0 saturated heterocycles. The Morgan fingerprint density at radius 2 is 1.64 bits per heavy atom. The highest BCUT2D eigenvalue weighted by atomic mass is 32.2. The van der Waals surface area contributed by atoms with Crippen LogP contribution < -0.4 is 10.0 Å². The molecule has 1 amide bonds. The monoisotopic (exact) mass is 318 g/mol. The third-order valence-corrected chi connectivity index (χ3v) is 5.07. The van der Waals surface area contributed by atoms with Crippen molar-refractivity contribution in [3.05, 3.63) is 59.7 Å². The fraction of sp³-hybridized carbons (Fsp3) is 0.188. The number of nitrogens with two attached hydrogens (primary N) is 1. The summed E-state index contributed by atoms with van der Waals surface area (Å²) in [6, 6.07) is 13.5. The minimum atomic E-state index is -3.86. The van der Waals surface area contributed by atoms with Crippen LogP contribution in [-0.4, -0.2) is 20.9 Å². The van der Waals surface area contributed by atoms with Gasteiger partial charge in [0.2, 0.25) is 5.91 Å². The van der Waals surface area contributed by atoms with Crippen molar-refractivity contribution >= 4 is 21.6 Å². The Bertz CT molecular complexity index is 783. The van der Waals surface area contributed by atoms with E-state index in [1.165, 1.54) is 12.1 Å². The maximum absolute atomic E-state index is 12.8. The summed E-state index contributed by atoms with van der Waals surface area (Å²) in [5, 5.41) is 0. The van der Waals surface area contributed by atoms with E-state index in [1.54, 1.807) is 43.3 Å². The van der Waals surface area contributed by atoms with Crippen molar-refractivity contribution in [2.45, 2.75) is 18.7 Å². The van der Waals surface area contributed by atoms with E-state index >= 15 is 0 Å².